The van der Waals surface area contributed by atoms with E-state index in [2.05, 4.69) is 45.1 Å². The zero-order valence-corrected chi connectivity index (χ0v) is 11.4. The van der Waals surface area contributed by atoms with Gasteiger partial charge in [0.25, 0.3) is 0 Å². The van der Waals surface area contributed by atoms with Gasteiger partial charge in [0.2, 0.25) is 0 Å². The van der Waals surface area contributed by atoms with E-state index in [9.17, 15) is 0 Å². The summed E-state index contributed by atoms with van der Waals surface area (Å²) in [5.41, 5.74) is 0. The average Bonchev–Trinajstić information content (AvgIpc) is 2.14. The fraction of sp³-hybridized carbons (Fsp3) is 0.667. The first-order chi connectivity index (χ1) is 7.65. The van der Waals surface area contributed by atoms with Crippen LogP contribution in [0, 0.1) is 5.92 Å². The Morgan fingerprint density at radius 3 is 2.75 bits per heavy atom. The Hall–Kier alpha value is -0.640. The third kappa shape index (κ3) is 2.94. The Morgan fingerprint density at radius 1 is 1.44 bits per heavy atom. The Kier molecular flexibility index (Phi) is 3.79. The van der Waals surface area contributed by atoms with E-state index in [1.54, 1.807) is 0 Å². The van der Waals surface area contributed by atoms with Crippen molar-refractivity contribution in [3.63, 3.8) is 0 Å². The second kappa shape index (κ2) is 5.13. The number of hydrogen-bond acceptors (Lipinski definition) is 3. The van der Waals surface area contributed by atoms with Crippen LogP contribution >= 0.6 is 15.9 Å². The van der Waals surface area contributed by atoms with Gasteiger partial charge in [-0.3, -0.25) is 0 Å². The van der Waals surface area contributed by atoms with Crippen molar-refractivity contribution in [1.29, 1.82) is 0 Å². The number of rotatable bonds is 4. The van der Waals surface area contributed by atoms with Crippen LogP contribution in [-0.2, 0) is 0 Å². The number of nitrogens with zero attached hydrogens (tertiary/aromatic N) is 2. The maximum atomic E-state index is 4.51. The summed E-state index contributed by atoms with van der Waals surface area (Å²) >= 11 is 3.43. The van der Waals surface area contributed by atoms with Crippen LogP contribution in [0.1, 0.15) is 44.9 Å². The molecule has 0 aliphatic heterocycles. The number of hydrogen-bond donors (Lipinski definition) is 1. The van der Waals surface area contributed by atoms with E-state index < -0.39 is 0 Å². The largest absolute Gasteiger partial charge is 0.370 e. The molecule has 1 aliphatic carbocycles. The molecule has 1 aromatic rings. The fourth-order valence-corrected chi connectivity index (χ4v) is 2.13. The molecule has 16 heavy (non-hydrogen) atoms. The first-order valence-electron chi connectivity index (χ1n) is 5.93. The van der Waals surface area contributed by atoms with Gasteiger partial charge in [-0.25, -0.2) is 9.97 Å². The molecular formula is C12H18BrN3. The van der Waals surface area contributed by atoms with Gasteiger partial charge in [-0.05, 0) is 34.7 Å². The molecule has 88 valence electrons. The van der Waals surface area contributed by atoms with Gasteiger partial charge in [-0.1, -0.05) is 20.3 Å². The zero-order valence-electron chi connectivity index (χ0n) is 9.83. The molecule has 1 heterocycles. The van der Waals surface area contributed by atoms with Crippen molar-refractivity contribution >= 4 is 21.7 Å². The van der Waals surface area contributed by atoms with Crippen molar-refractivity contribution in [2.75, 3.05) is 11.9 Å². The van der Waals surface area contributed by atoms with Gasteiger partial charge in [0, 0.05) is 18.5 Å². The standard InChI is InChI=1S/C12H18BrN3/c1-8(2)12-15-10(13)6-11(16-12)14-7-9-4-3-5-9/h6,8-9H,3-5,7H2,1-2H3,(H,14,15,16). The molecular weight excluding hydrogens is 266 g/mol. The molecule has 0 saturated heterocycles. The second-order valence-electron chi connectivity index (χ2n) is 4.77. The smallest absolute Gasteiger partial charge is 0.134 e. The summed E-state index contributed by atoms with van der Waals surface area (Å²) < 4.78 is 0.863. The van der Waals surface area contributed by atoms with E-state index in [0.29, 0.717) is 5.92 Å². The van der Waals surface area contributed by atoms with E-state index >= 15 is 0 Å². The summed E-state index contributed by atoms with van der Waals surface area (Å²) in [6.45, 7) is 5.26. The normalized spacial score (nSPS) is 16.2. The predicted molar refractivity (Wildman–Crippen MR) is 69.7 cm³/mol. The van der Waals surface area contributed by atoms with Crippen LogP contribution in [-0.4, -0.2) is 16.5 Å². The molecule has 2 rings (SSSR count). The third-order valence-corrected chi connectivity index (χ3v) is 3.43. The predicted octanol–water partition coefficient (Wildman–Crippen LogP) is 3.57. The minimum atomic E-state index is 0.363. The fourth-order valence-electron chi connectivity index (χ4n) is 1.73. The van der Waals surface area contributed by atoms with Crippen LogP contribution in [0.5, 0.6) is 0 Å². The Balaban J connectivity index is 2.01. The first kappa shape index (κ1) is 11.8. The van der Waals surface area contributed by atoms with E-state index in [4.69, 9.17) is 0 Å². The Labute approximate surface area is 105 Å². The van der Waals surface area contributed by atoms with Crippen molar-refractivity contribution in [3.8, 4) is 0 Å². The number of aromatic nitrogens is 2. The molecule has 0 bridgehead atoms. The highest BCUT2D eigenvalue weighted by Crippen LogP contribution is 2.26. The van der Waals surface area contributed by atoms with Gasteiger partial charge in [0.15, 0.2) is 0 Å². The molecule has 0 amide bonds. The quantitative estimate of drug-likeness (QED) is 0.859. The molecule has 1 saturated carbocycles. The van der Waals surface area contributed by atoms with Crippen LogP contribution in [0.2, 0.25) is 0 Å². The van der Waals surface area contributed by atoms with Crippen LogP contribution in [0.3, 0.4) is 0 Å². The highest BCUT2D eigenvalue weighted by atomic mass is 79.9. The van der Waals surface area contributed by atoms with Crippen LogP contribution in [0.4, 0.5) is 5.82 Å². The summed E-state index contributed by atoms with van der Waals surface area (Å²) in [7, 11) is 0. The van der Waals surface area contributed by atoms with Crippen molar-refractivity contribution in [3.05, 3.63) is 16.5 Å². The molecule has 1 aromatic heterocycles. The molecule has 1 fully saturated rings. The van der Waals surface area contributed by atoms with Crippen molar-refractivity contribution in [1.82, 2.24) is 9.97 Å². The number of nitrogens with one attached hydrogen (secondary N) is 1. The Morgan fingerprint density at radius 2 is 2.19 bits per heavy atom. The lowest BCUT2D eigenvalue weighted by Crippen LogP contribution is -2.21. The molecule has 0 radical (unpaired) electrons. The van der Waals surface area contributed by atoms with Gasteiger partial charge in [0.05, 0.1) is 0 Å². The maximum absolute atomic E-state index is 4.51. The Bertz CT molecular complexity index is 361. The van der Waals surface area contributed by atoms with Crippen LogP contribution in [0.25, 0.3) is 0 Å². The van der Waals surface area contributed by atoms with Gasteiger partial charge < -0.3 is 5.32 Å². The van der Waals surface area contributed by atoms with E-state index in [1.807, 2.05) is 6.07 Å². The van der Waals surface area contributed by atoms with Crippen LogP contribution < -0.4 is 5.32 Å². The van der Waals surface area contributed by atoms with Crippen molar-refractivity contribution in [2.45, 2.75) is 39.0 Å². The van der Waals surface area contributed by atoms with Gasteiger partial charge >= 0.3 is 0 Å². The molecule has 0 unspecified atom stereocenters. The lowest BCUT2D eigenvalue weighted by molar-refractivity contribution is 0.333. The van der Waals surface area contributed by atoms with Gasteiger partial charge in [-0.2, -0.15) is 0 Å². The lowest BCUT2D eigenvalue weighted by atomic mass is 9.85. The van der Waals surface area contributed by atoms with E-state index in [0.717, 1.165) is 28.7 Å². The molecule has 3 nitrogen and oxygen atoms in total. The molecule has 1 N–H and O–H groups in total. The minimum Gasteiger partial charge on any atom is -0.370 e. The summed E-state index contributed by atoms with van der Waals surface area (Å²) in [5, 5.41) is 3.40. The third-order valence-electron chi connectivity index (χ3n) is 3.03. The summed E-state index contributed by atoms with van der Waals surface area (Å²) in [5.74, 6) is 3.04. The lowest BCUT2D eigenvalue weighted by Gasteiger charge is -2.25. The second-order valence-corrected chi connectivity index (χ2v) is 5.58. The molecule has 0 spiro atoms. The van der Waals surface area contributed by atoms with E-state index in [-0.39, 0.29) is 0 Å². The van der Waals surface area contributed by atoms with Gasteiger partial charge in [0.1, 0.15) is 16.2 Å². The van der Waals surface area contributed by atoms with Crippen LogP contribution in [0.15, 0.2) is 10.7 Å². The van der Waals surface area contributed by atoms with Crippen molar-refractivity contribution in [2.24, 2.45) is 5.92 Å². The zero-order chi connectivity index (χ0) is 11.5. The highest BCUT2D eigenvalue weighted by molar-refractivity contribution is 9.10. The summed E-state index contributed by atoms with van der Waals surface area (Å²) in [6.07, 6.45) is 4.10. The molecule has 0 atom stereocenters. The number of halogens is 1. The molecule has 0 aromatic carbocycles. The SMILES string of the molecule is CC(C)c1nc(Br)cc(NCC2CCC2)n1. The van der Waals surface area contributed by atoms with E-state index in [1.165, 1.54) is 19.3 Å². The minimum absolute atomic E-state index is 0.363. The summed E-state index contributed by atoms with van der Waals surface area (Å²) in [6, 6.07) is 1.95. The monoisotopic (exact) mass is 283 g/mol. The van der Waals surface area contributed by atoms with Gasteiger partial charge in [-0.15, -0.1) is 0 Å². The molecule has 4 heteroatoms. The maximum Gasteiger partial charge on any atom is 0.134 e. The number of anilines is 1. The molecule has 1 aliphatic rings. The highest BCUT2D eigenvalue weighted by Gasteiger charge is 2.17. The average molecular weight is 284 g/mol. The summed E-state index contributed by atoms with van der Waals surface area (Å²) in [4.78, 5) is 8.87. The topological polar surface area (TPSA) is 37.8 Å². The first-order valence-corrected chi connectivity index (χ1v) is 6.73. The van der Waals surface area contributed by atoms with Crippen molar-refractivity contribution < 1.29 is 0 Å².